The van der Waals surface area contributed by atoms with E-state index in [-0.39, 0.29) is 5.82 Å². The molecule has 0 radical (unpaired) electrons. The van der Waals surface area contributed by atoms with Crippen LogP contribution >= 0.6 is 12.2 Å². The Labute approximate surface area is 156 Å². The van der Waals surface area contributed by atoms with E-state index in [1.807, 2.05) is 54.6 Å². The van der Waals surface area contributed by atoms with Gasteiger partial charge in [-0.05, 0) is 66.3 Å². The molecule has 0 heterocycles. The first-order valence-corrected chi connectivity index (χ1v) is 8.46. The van der Waals surface area contributed by atoms with E-state index in [2.05, 4.69) is 20.9 Å². The van der Waals surface area contributed by atoms with Gasteiger partial charge in [0, 0.05) is 12.2 Å². The molecule has 3 aromatic carbocycles. The lowest BCUT2D eigenvalue weighted by molar-refractivity contribution is 0.627. The maximum Gasteiger partial charge on any atom is 0.171 e. The van der Waals surface area contributed by atoms with Crippen LogP contribution in [0.15, 0.2) is 89.1 Å². The third-order valence-electron chi connectivity index (χ3n) is 3.53. The van der Waals surface area contributed by atoms with Crippen molar-refractivity contribution in [2.45, 2.75) is 6.54 Å². The number of nitrogens with one attached hydrogen (secondary N) is 2. The highest BCUT2D eigenvalue weighted by molar-refractivity contribution is 7.80. The summed E-state index contributed by atoms with van der Waals surface area (Å²) in [6, 6.07) is 23.3. The molecule has 26 heavy (non-hydrogen) atoms. The Balaban J connectivity index is 1.51. The third kappa shape index (κ3) is 5.46. The fraction of sp³-hybridized carbons (Fsp3) is 0.0500. The van der Waals surface area contributed by atoms with Gasteiger partial charge in [-0.3, -0.25) is 0 Å². The van der Waals surface area contributed by atoms with Gasteiger partial charge < -0.3 is 10.6 Å². The smallest absolute Gasteiger partial charge is 0.171 e. The summed E-state index contributed by atoms with van der Waals surface area (Å²) in [6.45, 7) is 0.523. The van der Waals surface area contributed by atoms with Crippen LogP contribution in [0, 0.1) is 5.82 Å². The molecule has 0 aliphatic rings. The molecule has 0 saturated carbocycles. The van der Waals surface area contributed by atoms with Crippen molar-refractivity contribution in [3.05, 3.63) is 90.2 Å². The van der Waals surface area contributed by atoms with Gasteiger partial charge in [0.1, 0.15) is 5.82 Å². The average Bonchev–Trinajstić information content (AvgIpc) is 2.68. The molecule has 3 aromatic rings. The Kier molecular flexibility index (Phi) is 6.01. The zero-order valence-corrected chi connectivity index (χ0v) is 14.7. The minimum atomic E-state index is -0.251. The Morgan fingerprint density at radius 3 is 2.08 bits per heavy atom. The first-order valence-electron chi connectivity index (χ1n) is 8.05. The van der Waals surface area contributed by atoms with Crippen LogP contribution in [0.25, 0.3) is 0 Å². The van der Waals surface area contributed by atoms with Gasteiger partial charge in [0.25, 0.3) is 0 Å². The molecule has 0 bridgehead atoms. The molecular weight excluding hydrogens is 347 g/mol. The zero-order chi connectivity index (χ0) is 18.2. The summed E-state index contributed by atoms with van der Waals surface area (Å²) in [4.78, 5) is 0. The van der Waals surface area contributed by atoms with Crippen LogP contribution in [0.1, 0.15) is 5.56 Å². The number of azo groups is 1. The molecule has 0 fully saturated rings. The van der Waals surface area contributed by atoms with Crippen molar-refractivity contribution in [1.82, 2.24) is 5.32 Å². The van der Waals surface area contributed by atoms with E-state index in [4.69, 9.17) is 12.2 Å². The second-order valence-electron chi connectivity index (χ2n) is 5.52. The molecule has 6 heteroatoms. The standard InChI is InChI=1S/C20H17FN4S/c21-16-8-6-15(7-9-16)14-22-20(26)23-17-10-12-19(13-11-17)25-24-18-4-2-1-3-5-18/h1-13H,14H2,(H2,22,23,26). The van der Waals surface area contributed by atoms with Gasteiger partial charge in [-0.1, -0.05) is 30.3 Å². The second kappa shape index (κ2) is 8.82. The number of nitrogens with zero attached hydrogens (tertiary/aromatic N) is 2. The molecule has 130 valence electrons. The van der Waals surface area contributed by atoms with Crippen molar-refractivity contribution in [3.63, 3.8) is 0 Å². The summed E-state index contributed by atoms with van der Waals surface area (Å²) in [7, 11) is 0. The van der Waals surface area contributed by atoms with Crippen LogP contribution < -0.4 is 10.6 Å². The number of rotatable bonds is 5. The molecule has 0 saturated heterocycles. The number of hydrogen-bond acceptors (Lipinski definition) is 3. The lowest BCUT2D eigenvalue weighted by atomic mass is 10.2. The molecule has 2 N–H and O–H groups in total. The maximum atomic E-state index is 12.9. The average molecular weight is 364 g/mol. The molecule has 4 nitrogen and oxygen atoms in total. The van der Waals surface area contributed by atoms with Crippen molar-refractivity contribution in [2.24, 2.45) is 10.2 Å². The molecule has 0 unspecified atom stereocenters. The lowest BCUT2D eigenvalue weighted by Crippen LogP contribution is -2.27. The van der Waals surface area contributed by atoms with E-state index in [0.717, 1.165) is 22.6 Å². The molecular formula is C20H17FN4S. The van der Waals surface area contributed by atoms with Crippen molar-refractivity contribution in [2.75, 3.05) is 5.32 Å². The van der Waals surface area contributed by atoms with E-state index in [1.54, 1.807) is 12.1 Å². The van der Waals surface area contributed by atoms with E-state index in [0.29, 0.717) is 11.7 Å². The number of anilines is 1. The predicted octanol–water partition coefficient (Wildman–Crippen LogP) is 5.73. The van der Waals surface area contributed by atoms with Crippen molar-refractivity contribution < 1.29 is 4.39 Å². The SMILES string of the molecule is Fc1ccc(CNC(=S)Nc2ccc(N=Nc3ccccc3)cc2)cc1. The highest BCUT2D eigenvalue weighted by Gasteiger charge is 1.99. The van der Waals surface area contributed by atoms with Crippen LogP contribution in [0.2, 0.25) is 0 Å². The fourth-order valence-corrected chi connectivity index (χ4v) is 2.37. The van der Waals surface area contributed by atoms with E-state index in [9.17, 15) is 4.39 Å². The van der Waals surface area contributed by atoms with Gasteiger partial charge in [0.2, 0.25) is 0 Å². The van der Waals surface area contributed by atoms with Crippen LogP contribution in [-0.4, -0.2) is 5.11 Å². The highest BCUT2D eigenvalue weighted by atomic mass is 32.1. The summed E-state index contributed by atoms with van der Waals surface area (Å²) in [5.74, 6) is -0.251. The maximum absolute atomic E-state index is 12.9. The van der Waals surface area contributed by atoms with Crippen molar-refractivity contribution >= 4 is 34.4 Å². The highest BCUT2D eigenvalue weighted by Crippen LogP contribution is 2.20. The van der Waals surface area contributed by atoms with Gasteiger partial charge in [-0.2, -0.15) is 10.2 Å². The molecule has 0 amide bonds. The van der Waals surface area contributed by atoms with Gasteiger partial charge >= 0.3 is 0 Å². The van der Waals surface area contributed by atoms with E-state index >= 15 is 0 Å². The number of hydrogen-bond donors (Lipinski definition) is 2. The lowest BCUT2D eigenvalue weighted by Gasteiger charge is -2.10. The van der Waals surface area contributed by atoms with Crippen LogP contribution in [-0.2, 0) is 6.54 Å². The first-order chi connectivity index (χ1) is 12.7. The van der Waals surface area contributed by atoms with Gasteiger partial charge in [-0.15, -0.1) is 0 Å². The summed E-state index contributed by atoms with van der Waals surface area (Å²) in [6.07, 6.45) is 0. The Bertz CT molecular complexity index is 878. The van der Waals surface area contributed by atoms with Crippen molar-refractivity contribution in [1.29, 1.82) is 0 Å². The topological polar surface area (TPSA) is 48.8 Å². The third-order valence-corrected chi connectivity index (χ3v) is 3.78. The summed E-state index contributed by atoms with van der Waals surface area (Å²) in [5.41, 5.74) is 3.36. The predicted molar refractivity (Wildman–Crippen MR) is 107 cm³/mol. The minimum absolute atomic E-state index is 0.251. The van der Waals surface area contributed by atoms with E-state index in [1.165, 1.54) is 12.1 Å². The van der Waals surface area contributed by atoms with Gasteiger partial charge in [-0.25, -0.2) is 4.39 Å². The first kappa shape index (κ1) is 17.7. The number of benzene rings is 3. The summed E-state index contributed by atoms with van der Waals surface area (Å²) in [5, 5.41) is 15.1. The minimum Gasteiger partial charge on any atom is -0.358 e. The quantitative estimate of drug-likeness (QED) is 0.449. The molecule has 0 aliphatic carbocycles. The van der Waals surface area contributed by atoms with Crippen molar-refractivity contribution in [3.8, 4) is 0 Å². The summed E-state index contributed by atoms with van der Waals surface area (Å²) < 4.78 is 12.9. The largest absolute Gasteiger partial charge is 0.358 e. The van der Waals surface area contributed by atoms with Gasteiger partial charge in [0.15, 0.2) is 5.11 Å². The van der Waals surface area contributed by atoms with Crippen LogP contribution in [0.3, 0.4) is 0 Å². The summed E-state index contributed by atoms with van der Waals surface area (Å²) >= 11 is 5.27. The monoisotopic (exact) mass is 364 g/mol. The molecule has 0 aromatic heterocycles. The number of thiocarbonyl (C=S) groups is 1. The zero-order valence-electron chi connectivity index (χ0n) is 13.9. The second-order valence-corrected chi connectivity index (χ2v) is 5.92. The van der Waals surface area contributed by atoms with E-state index < -0.39 is 0 Å². The fourth-order valence-electron chi connectivity index (χ4n) is 2.18. The Morgan fingerprint density at radius 1 is 0.808 bits per heavy atom. The van der Waals surface area contributed by atoms with Gasteiger partial charge in [0.05, 0.1) is 11.4 Å². The molecule has 3 rings (SSSR count). The molecule has 0 spiro atoms. The molecule has 0 aliphatic heterocycles. The van der Waals surface area contributed by atoms with Crippen LogP contribution in [0.5, 0.6) is 0 Å². The number of halogens is 1. The Hall–Kier alpha value is -3.12. The Morgan fingerprint density at radius 2 is 1.42 bits per heavy atom. The van der Waals surface area contributed by atoms with Crippen LogP contribution in [0.4, 0.5) is 21.5 Å². The molecule has 0 atom stereocenters. The normalized spacial score (nSPS) is 10.7.